The molecule has 0 spiro atoms. The van der Waals surface area contributed by atoms with Crippen molar-refractivity contribution in [2.45, 2.75) is 96.6 Å². The van der Waals surface area contributed by atoms with Crippen LogP contribution in [-0.4, -0.2) is 87.6 Å². The van der Waals surface area contributed by atoms with E-state index in [0.717, 1.165) is 20.8 Å². The fraction of sp³-hybridized carbons (Fsp3) is 0.450. The monoisotopic (exact) mass is 734 g/mol. The summed E-state index contributed by atoms with van der Waals surface area (Å²) in [7, 11) is 0. The number of fused-ring (bicyclic) bond motifs is 1. The van der Waals surface area contributed by atoms with E-state index in [-0.39, 0.29) is 16.7 Å². The van der Waals surface area contributed by atoms with Gasteiger partial charge in [-0.15, -0.1) is 0 Å². The molecular formula is C40H46O13. The summed E-state index contributed by atoms with van der Waals surface area (Å²) in [6, 6.07) is 15.4. The second-order valence-corrected chi connectivity index (χ2v) is 14.4. The van der Waals surface area contributed by atoms with Crippen molar-refractivity contribution in [1.29, 1.82) is 0 Å². The number of rotatable bonds is 7. The zero-order valence-electron chi connectivity index (χ0n) is 30.8. The largest absolute Gasteiger partial charge is 0.458 e. The number of aliphatic hydroxyl groups is 2. The van der Waals surface area contributed by atoms with Gasteiger partial charge in [0, 0.05) is 44.1 Å². The summed E-state index contributed by atoms with van der Waals surface area (Å²) in [5.74, 6) is -8.21. The Morgan fingerprint density at radius 2 is 1.25 bits per heavy atom. The zero-order chi connectivity index (χ0) is 39.5. The van der Waals surface area contributed by atoms with E-state index in [4.69, 9.17) is 23.7 Å². The molecule has 0 amide bonds. The molecule has 2 aromatic carbocycles. The molecule has 0 heterocycles. The Labute approximate surface area is 307 Å². The first-order valence-corrected chi connectivity index (χ1v) is 17.1. The van der Waals surface area contributed by atoms with Crippen LogP contribution >= 0.6 is 0 Å². The summed E-state index contributed by atoms with van der Waals surface area (Å²) in [6.07, 6.45) is -6.42. The third kappa shape index (κ3) is 8.74. The Morgan fingerprint density at radius 3 is 1.72 bits per heavy atom. The van der Waals surface area contributed by atoms with Gasteiger partial charge in [0.2, 0.25) is 0 Å². The summed E-state index contributed by atoms with van der Waals surface area (Å²) in [5.41, 5.74) is -6.04. The van der Waals surface area contributed by atoms with Gasteiger partial charge in [0.1, 0.15) is 23.4 Å². The molecule has 9 atom stereocenters. The molecule has 1 fully saturated rings. The first kappa shape index (κ1) is 40.6. The van der Waals surface area contributed by atoms with Gasteiger partial charge in [-0.05, 0) is 31.2 Å². The molecule has 0 aliphatic heterocycles. The number of carbonyl (C=O) groups is 6. The Kier molecular flexibility index (Phi) is 12.1. The third-order valence-electron chi connectivity index (χ3n) is 9.64. The van der Waals surface area contributed by atoms with Gasteiger partial charge in [-0.25, -0.2) is 9.59 Å². The van der Waals surface area contributed by atoms with Crippen LogP contribution < -0.4 is 0 Å². The van der Waals surface area contributed by atoms with E-state index in [0.29, 0.717) is 0 Å². The number of allylic oxidation sites excluding steroid dienone is 1. The molecule has 4 rings (SSSR count). The molecule has 0 saturated heterocycles. The van der Waals surface area contributed by atoms with E-state index < -0.39 is 101 Å². The average molecular weight is 735 g/mol. The van der Waals surface area contributed by atoms with Crippen LogP contribution in [0.15, 0.2) is 85.0 Å². The van der Waals surface area contributed by atoms with Gasteiger partial charge in [-0.3, -0.25) is 19.2 Å². The lowest BCUT2D eigenvalue weighted by atomic mass is 9.72. The molecule has 2 aliphatic rings. The molecule has 2 aliphatic carbocycles. The lowest BCUT2D eigenvalue weighted by Crippen LogP contribution is -2.58. The van der Waals surface area contributed by atoms with Crippen molar-refractivity contribution in [2.24, 2.45) is 17.3 Å². The predicted octanol–water partition coefficient (Wildman–Crippen LogP) is 4.09. The predicted molar refractivity (Wildman–Crippen MR) is 188 cm³/mol. The zero-order valence-corrected chi connectivity index (χ0v) is 30.8. The summed E-state index contributed by atoms with van der Waals surface area (Å²) >= 11 is 0. The minimum atomic E-state index is -2.57. The number of benzene rings is 2. The normalized spacial score (nSPS) is 31.8. The smallest absolute Gasteiger partial charge is 0.338 e. The molecule has 13 heteroatoms. The number of ether oxygens (including phenoxy) is 5. The lowest BCUT2D eigenvalue weighted by molar-refractivity contribution is -0.183. The van der Waals surface area contributed by atoms with Gasteiger partial charge >= 0.3 is 29.8 Å². The number of hydrogen-bond acceptors (Lipinski definition) is 13. The maximum absolute atomic E-state index is 14.5. The molecule has 53 heavy (non-hydrogen) atoms. The quantitative estimate of drug-likeness (QED) is 0.235. The van der Waals surface area contributed by atoms with Crippen LogP contribution in [0.1, 0.15) is 75.6 Å². The summed E-state index contributed by atoms with van der Waals surface area (Å²) in [4.78, 5) is 80.0. The van der Waals surface area contributed by atoms with Crippen molar-refractivity contribution < 1.29 is 62.7 Å². The molecule has 0 radical (unpaired) electrons. The molecular weight excluding hydrogens is 688 g/mol. The van der Waals surface area contributed by atoms with Crippen LogP contribution in [0.5, 0.6) is 0 Å². The Morgan fingerprint density at radius 1 is 0.755 bits per heavy atom. The molecule has 2 N–H and O–H groups in total. The molecule has 3 unspecified atom stereocenters. The first-order valence-electron chi connectivity index (χ1n) is 17.1. The van der Waals surface area contributed by atoms with Gasteiger partial charge in [0.05, 0.1) is 17.0 Å². The highest BCUT2D eigenvalue weighted by molar-refractivity contribution is 5.93. The molecule has 284 valence electrons. The third-order valence-corrected chi connectivity index (χ3v) is 9.64. The average Bonchev–Trinajstić information content (AvgIpc) is 3.29. The molecule has 0 bridgehead atoms. The van der Waals surface area contributed by atoms with E-state index >= 15 is 0 Å². The molecule has 13 nitrogen and oxygen atoms in total. The van der Waals surface area contributed by atoms with Crippen molar-refractivity contribution >= 4 is 35.6 Å². The summed E-state index contributed by atoms with van der Waals surface area (Å²) < 4.78 is 29.3. The van der Waals surface area contributed by atoms with Gasteiger partial charge in [0.25, 0.3) is 0 Å². The minimum Gasteiger partial charge on any atom is -0.458 e. The fourth-order valence-electron chi connectivity index (χ4n) is 7.17. The Bertz CT molecular complexity index is 1770. The number of carbonyl (C=O) groups excluding carboxylic acids is 6. The van der Waals surface area contributed by atoms with Crippen molar-refractivity contribution in [3.63, 3.8) is 0 Å². The number of ketones is 1. The molecule has 1 saturated carbocycles. The summed E-state index contributed by atoms with van der Waals surface area (Å²) in [5, 5.41) is 24.6. The SMILES string of the molecule is C=C1C(OC(=O)c2ccccc2)C2[C@@H](O)[C@](C)(OC(C)=O)C[C@]2(O)C(=O)[C@@H](C)/C=C\C(C)(C)C(OC(C)=O)[C@H](OC(C)=O)[C@H]1OC(=O)c1ccccc1. The van der Waals surface area contributed by atoms with Crippen LogP contribution in [0, 0.1) is 17.3 Å². The number of aliphatic hydroxyl groups excluding tert-OH is 1. The highest BCUT2D eigenvalue weighted by Gasteiger charge is 2.68. The van der Waals surface area contributed by atoms with Crippen molar-refractivity contribution in [3.8, 4) is 0 Å². The number of Topliss-reactive ketones (excluding diaryl/α,β-unsaturated/α-hetero) is 1. The highest BCUT2D eigenvalue weighted by Crippen LogP contribution is 2.51. The maximum Gasteiger partial charge on any atom is 0.338 e. The van der Waals surface area contributed by atoms with Crippen molar-refractivity contribution in [3.05, 3.63) is 96.1 Å². The Hall–Kier alpha value is -5.14. The van der Waals surface area contributed by atoms with E-state index in [1.165, 1.54) is 50.3 Å². The van der Waals surface area contributed by atoms with Gasteiger partial charge in [0.15, 0.2) is 24.1 Å². The van der Waals surface area contributed by atoms with E-state index in [9.17, 15) is 39.0 Å². The van der Waals surface area contributed by atoms with Crippen LogP contribution in [-0.2, 0) is 42.9 Å². The highest BCUT2D eigenvalue weighted by atomic mass is 16.6. The van der Waals surface area contributed by atoms with E-state index in [1.54, 1.807) is 50.2 Å². The van der Waals surface area contributed by atoms with Crippen molar-refractivity contribution in [2.75, 3.05) is 0 Å². The molecule has 0 aromatic heterocycles. The number of esters is 5. The maximum atomic E-state index is 14.5. The van der Waals surface area contributed by atoms with Crippen LogP contribution in [0.4, 0.5) is 0 Å². The van der Waals surface area contributed by atoms with Crippen LogP contribution in [0.3, 0.4) is 0 Å². The second kappa shape index (κ2) is 15.8. The Balaban J connectivity index is 2.08. The van der Waals surface area contributed by atoms with E-state index in [1.807, 2.05) is 0 Å². The standard InChI is InChI=1S/C40H46O13/c1-22-19-20-38(6,7)35(50-25(4)42)32(49-24(3)41)31(52-37(47)28-17-13-10-14-18-28)23(2)30(51-36(46)27-15-11-9-12-16-27)29-34(45)39(8,53-26(5)43)21-40(29,48)33(22)44/h9-20,22,29-32,34-35,45,48H,2,21H2,1,3-8H3/b20-19-/t22-,29?,30?,31-,32+,34+,35?,39+,40+/m0/s1. The van der Waals surface area contributed by atoms with Gasteiger partial charge < -0.3 is 33.9 Å². The summed E-state index contributed by atoms with van der Waals surface area (Å²) in [6.45, 7) is 13.5. The van der Waals surface area contributed by atoms with E-state index in [2.05, 4.69) is 6.58 Å². The topological polar surface area (TPSA) is 189 Å². The lowest BCUT2D eigenvalue weighted by Gasteiger charge is -2.43. The first-order chi connectivity index (χ1) is 24.7. The van der Waals surface area contributed by atoms with Gasteiger partial charge in [-0.1, -0.05) is 75.9 Å². The molecule has 2 aromatic rings. The van der Waals surface area contributed by atoms with Crippen molar-refractivity contribution in [1.82, 2.24) is 0 Å². The van der Waals surface area contributed by atoms with Gasteiger partial charge in [-0.2, -0.15) is 0 Å². The minimum absolute atomic E-state index is 0.0288. The fourth-order valence-corrected chi connectivity index (χ4v) is 7.17. The van der Waals surface area contributed by atoms with Crippen LogP contribution in [0.2, 0.25) is 0 Å². The second-order valence-electron chi connectivity index (χ2n) is 14.4. The van der Waals surface area contributed by atoms with Crippen LogP contribution in [0.25, 0.3) is 0 Å². The number of hydrogen-bond donors (Lipinski definition) is 2.